The zero-order valence-electron chi connectivity index (χ0n) is 41.4. The van der Waals surface area contributed by atoms with Gasteiger partial charge in [0.05, 0.1) is 47.3 Å². The van der Waals surface area contributed by atoms with Crippen LogP contribution in [0.15, 0.2) is 261 Å². The molecule has 0 radical (unpaired) electrons. The third-order valence-corrected chi connectivity index (χ3v) is 14.8. The number of anilines is 6. The summed E-state index contributed by atoms with van der Waals surface area (Å²) in [6.07, 6.45) is 0. The number of methoxy groups -OCH3 is 2. The van der Waals surface area contributed by atoms with Crippen molar-refractivity contribution < 1.29 is 9.47 Å². The van der Waals surface area contributed by atoms with Crippen LogP contribution < -0.4 is 19.3 Å². The van der Waals surface area contributed by atoms with Crippen LogP contribution in [0.2, 0.25) is 0 Å². The first-order valence-electron chi connectivity index (χ1n) is 25.3. The molecule has 0 atom stereocenters. The van der Waals surface area contributed by atoms with Crippen LogP contribution in [0.5, 0.6) is 11.5 Å². The lowest BCUT2D eigenvalue weighted by Gasteiger charge is -2.26. The normalized spacial score (nSPS) is 11.6. The van der Waals surface area contributed by atoms with E-state index in [-0.39, 0.29) is 0 Å². The van der Waals surface area contributed by atoms with E-state index in [1.807, 2.05) is 24.3 Å². The molecule has 0 amide bonds. The molecule has 0 unspecified atom stereocenters. The first-order chi connectivity index (χ1) is 37.1. The standard InChI is InChI=1S/C68H49N5O2/c1-74-55-34-26-49(27-35-55)69(51-30-38-65-59(42-51)57-22-12-14-24-63(57)71(65)46-16-6-3-7-17-46)53-32-40-67-61(44-53)62-45-54(33-41-68(62)73(67)48-20-10-5-11-21-48)70(50-28-36-56(75-2)37-29-50)52-31-39-66-60(43-52)58-23-13-15-25-64(58)72(66)47-18-8-4-9-19-47/h3-45H,1-2H3. The number of rotatable bonds is 11. The lowest BCUT2D eigenvalue weighted by molar-refractivity contribution is 0.414. The highest BCUT2D eigenvalue weighted by molar-refractivity contribution is 6.14. The summed E-state index contributed by atoms with van der Waals surface area (Å²) in [7, 11) is 3.43. The van der Waals surface area contributed by atoms with Crippen molar-refractivity contribution in [3.63, 3.8) is 0 Å². The zero-order valence-corrected chi connectivity index (χ0v) is 41.4. The van der Waals surface area contributed by atoms with E-state index < -0.39 is 0 Å². The first-order valence-corrected chi connectivity index (χ1v) is 25.3. The van der Waals surface area contributed by atoms with Gasteiger partial charge in [0.1, 0.15) is 11.5 Å². The molecule has 14 aromatic rings. The van der Waals surface area contributed by atoms with Crippen LogP contribution in [0.4, 0.5) is 34.1 Å². The van der Waals surface area contributed by atoms with Crippen LogP contribution in [0, 0.1) is 0 Å². The molecule has 0 aliphatic carbocycles. The first kappa shape index (κ1) is 43.8. The van der Waals surface area contributed by atoms with E-state index in [1.165, 1.54) is 32.6 Å². The summed E-state index contributed by atoms with van der Waals surface area (Å²) < 4.78 is 18.5. The summed E-state index contributed by atoms with van der Waals surface area (Å²) >= 11 is 0. The van der Waals surface area contributed by atoms with Crippen LogP contribution in [0.3, 0.4) is 0 Å². The monoisotopic (exact) mass is 967 g/mol. The van der Waals surface area contributed by atoms with Crippen molar-refractivity contribution in [1.29, 1.82) is 0 Å². The molecule has 14 rings (SSSR count). The Balaban J connectivity index is 0.987. The quantitative estimate of drug-likeness (QED) is 0.129. The van der Waals surface area contributed by atoms with E-state index in [0.717, 1.165) is 95.5 Å². The van der Waals surface area contributed by atoms with Gasteiger partial charge in [-0.3, -0.25) is 0 Å². The number of hydrogen-bond acceptors (Lipinski definition) is 4. The summed E-state index contributed by atoms with van der Waals surface area (Å²) in [5.41, 5.74) is 16.4. The molecule has 7 heteroatoms. The van der Waals surface area contributed by atoms with Crippen LogP contribution in [0.25, 0.3) is 82.5 Å². The summed E-state index contributed by atoms with van der Waals surface area (Å²) in [4.78, 5) is 4.74. The molecule has 0 saturated heterocycles. The second-order valence-corrected chi connectivity index (χ2v) is 18.9. The number of aromatic nitrogens is 3. The molecule has 0 fully saturated rings. The van der Waals surface area contributed by atoms with Gasteiger partial charge < -0.3 is 33.0 Å². The van der Waals surface area contributed by atoms with Crippen LogP contribution in [-0.2, 0) is 0 Å². The van der Waals surface area contributed by atoms with E-state index in [4.69, 9.17) is 9.47 Å². The Bertz CT molecular complexity index is 4160. The predicted molar refractivity (Wildman–Crippen MR) is 312 cm³/mol. The van der Waals surface area contributed by atoms with Gasteiger partial charge in [-0.05, 0) is 170 Å². The summed E-state index contributed by atoms with van der Waals surface area (Å²) in [6.45, 7) is 0. The van der Waals surface area contributed by atoms with E-state index in [1.54, 1.807) is 14.2 Å². The Hall–Kier alpha value is -9.98. The van der Waals surface area contributed by atoms with E-state index in [0.29, 0.717) is 0 Å². The number of hydrogen-bond donors (Lipinski definition) is 0. The number of ether oxygens (including phenoxy) is 2. The van der Waals surface area contributed by atoms with E-state index >= 15 is 0 Å². The highest BCUT2D eigenvalue weighted by Gasteiger charge is 2.23. The van der Waals surface area contributed by atoms with Crippen molar-refractivity contribution in [2.24, 2.45) is 0 Å². The Morgan fingerprint density at radius 3 is 0.800 bits per heavy atom. The van der Waals surface area contributed by atoms with Crippen molar-refractivity contribution >= 4 is 99.5 Å². The number of fused-ring (bicyclic) bond motifs is 9. The minimum Gasteiger partial charge on any atom is -0.497 e. The van der Waals surface area contributed by atoms with Crippen LogP contribution in [0.1, 0.15) is 0 Å². The van der Waals surface area contributed by atoms with Gasteiger partial charge in [0, 0.05) is 83.5 Å². The lowest BCUT2D eigenvalue weighted by atomic mass is 10.1. The summed E-state index contributed by atoms with van der Waals surface area (Å²) in [5, 5.41) is 7.01. The van der Waals surface area contributed by atoms with Gasteiger partial charge in [-0.15, -0.1) is 0 Å². The number of benzene rings is 11. The minimum absolute atomic E-state index is 0.802. The second kappa shape index (κ2) is 17.9. The molecule has 0 bridgehead atoms. The fourth-order valence-corrected chi connectivity index (χ4v) is 11.4. The lowest BCUT2D eigenvalue weighted by Crippen LogP contribution is -2.10. The van der Waals surface area contributed by atoms with E-state index in [9.17, 15) is 0 Å². The fourth-order valence-electron chi connectivity index (χ4n) is 11.4. The van der Waals surface area contributed by atoms with Crippen molar-refractivity contribution in [3.05, 3.63) is 261 Å². The molecule has 0 N–H and O–H groups in total. The van der Waals surface area contributed by atoms with Gasteiger partial charge in [0.25, 0.3) is 0 Å². The Morgan fingerprint density at radius 2 is 0.493 bits per heavy atom. The van der Waals surface area contributed by atoms with Crippen molar-refractivity contribution in [3.8, 4) is 28.6 Å². The molecule has 11 aromatic carbocycles. The van der Waals surface area contributed by atoms with Crippen molar-refractivity contribution in [1.82, 2.24) is 13.7 Å². The number of nitrogens with zero attached hydrogens (tertiary/aromatic N) is 5. The number of para-hydroxylation sites is 5. The summed E-state index contributed by atoms with van der Waals surface area (Å²) in [5.74, 6) is 1.60. The second-order valence-electron chi connectivity index (χ2n) is 18.9. The highest BCUT2D eigenvalue weighted by Crippen LogP contribution is 2.46. The van der Waals surface area contributed by atoms with Crippen LogP contribution >= 0.6 is 0 Å². The molecule has 7 nitrogen and oxygen atoms in total. The molecule has 3 heterocycles. The van der Waals surface area contributed by atoms with Gasteiger partial charge in [0.15, 0.2) is 0 Å². The van der Waals surface area contributed by atoms with Crippen molar-refractivity contribution in [2.45, 2.75) is 0 Å². The third kappa shape index (κ3) is 7.27. The van der Waals surface area contributed by atoms with Gasteiger partial charge in [0.2, 0.25) is 0 Å². The maximum Gasteiger partial charge on any atom is 0.119 e. The van der Waals surface area contributed by atoms with Crippen molar-refractivity contribution in [2.75, 3.05) is 24.0 Å². The van der Waals surface area contributed by atoms with E-state index in [2.05, 4.69) is 260 Å². The van der Waals surface area contributed by atoms with Gasteiger partial charge in [-0.2, -0.15) is 0 Å². The summed E-state index contributed by atoms with van der Waals surface area (Å²) in [6, 6.07) is 93.6. The van der Waals surface area contributed by atoms with Gasteiger partial charge in [-0.1, -0.05) is 91.0 Å². The average Bonchev–Trinajstić information content (AvgIpc) is 4.14. The molecule has 75 heavy (non-hydrogen) atoms. The highest BCUT2D eigenvalue weighted by atomic mass is 16.5. The molecule has 0 spiro atoms. The molecular weight excluding hydrogens is 919 g/mol. The largest absolute Gasteiger partial charge is 0.497 e. The fraction of sp³-hybridized carbons (Fsp3) is 0.0294. The predicted octanol–water partition coefficient (Wildman–Crippen LogP) is 17.9. The molecule has 3 aromatic heterocycles. The Morgan fingerprint density at radius 1 is 0.240 bits per heavy atom. The topological polar surface area (TPSA) is 39.7 Å². The average molecular weight is 968 g/mol. The smallest absolute Gasteiger partial charge is 0.119 e. The maximum absolute atomic E-state index is 5.69. The molecule has 0 aliphatic heterocycles. The molecule has 0 saturated carbocycles. The molecule has 0 aliphatic rings. The SMILES string of the molecule is COc1ccc(N(c2ccc3c(c2)c2ccccc2n3-c2ccccc2)c2ccc3c(c2)c2cc(N(c4ccc(OC)cc4)c4ccc5c(c4)c4ccccc4n5-c4ccccc4)ccc2n3-c2ccccc2)cc1. The Labute approximate surface area is 434 Å². The zero-order chi connectivity index (χ0) is 50.0. The van der Waals surface area contributed by atoms with Gasteiger partial charge in [-0.25, -0.2) is 0 Å². The molecule has 358 valence electrons. The molecular formula is C68H49N5O2. The third-order valence-electron chi connectivity index (χ3n) is 14.8. The minimum atomic E-state index is 0.802. The van der Waals surface area contributed by atoms with Gasteiger partial charge >= 0.3 is 0 Å². The van der Waals surface area contributed by atoms with Crippen LogP contribution in [-0.4, -0.2) is 27.9 Å². The Kier molecular flexibility index (Phi) is 10.5. The maximum atomic E-state index is 5.69.